The largest absolute Gasteiger partial charge is 0.507 e. The van der Waals surface area contributed by atoms with Crippen molar-refractivity contribution < 1.29 is 19.7 Å². The minimum atomic E-state index is -0.242. The molecule has 1 heterocycles. The van der Waals surface area contributed by atoms with Crippen LogP contribution in [-0.4, -0.2) is 56.1 Å². The minimum Gasteiger partial charge on any atom is -0.507 e. The number of rotatable bonds is 9. The number of hydrogen-bond donors (Lipinski definition) is 3. The van der Waals surface area contributed by atoms with E-state index in [0.717, 1.165) is 12.8 Å². The highest BCUT2D eigenvalue weighted by atomic mass is 16.5. The van der Waals surface area contributed by atoms with Crippen LogP contribution in [0, 0.1) is 0 Å². The Labute approximate surface area is 180 Å². The second-order valence-corrected chi connectivity index (χ2v) is 7.38. The summed E-state index contributed by atoms with van der Waals surface area (Å²) in [6.07, 6.45) is 1.87. The molecule has 0 saturated carbocycles. The fourth-order valence-corrected chi connectivity index (χ4v) is 3.27. The monoisotopic (exact) mass is 425 g/mol. The third-order valence-electron chi connectivity index (χ3n) is 4.84. The first-order chi connectivity index (χ1) is 14.9. The first kappa shape index (κ1) is 22.2. The average Bonchev–Trinajstić information content (AvgIpc) is 3.20. The number of unbranched alkanes of at least 4 members (excludes halogenated alkanes) is 1. The van der Waals surface area contributed by atoms with Crippen LogP contribution in [0.3, 0.4) is 0 Å². The number of aryl methyl sites for hydroxylation is 1. The molecule has 0 spiro atoms. The van der Waals surface area contributed by atoms with Crippen molar-refractivity contribution in [3.8, 4) is 34.0 Å². The Balaban J connectivity index is 1.96. The molecule has 9 nitrogen and oxygen atoms in total. The van der Waals surface area contributed by atoms with Gasteiger partial charge in [-0.15, -0.1) is 5.10 Å². The van der Waals surface area contributed by atoms with Crippen molar-refractivity contribution in [3.05, 3.63) is 42.0 Å². The number of tetrazole rings is 1. The van der Waals surface area contributed by atoms with Gasteiger partial charge in [0.1, 0.15) is 11.5 Å². The van der Waals surface area contributed by atoms with Crippen LogP contribution >= 0.6 is 0 Å². The van der Waals surface area contributed by atoms with Crippen molar-refractivity contribution in [2.24, 2.45) is 0 Å². The number of carbonyl (C=O) groups excluding carboxylic acids is 1. The summed E-state index contributed by atoms with van der Waals surface area (Å²) in [5, 5.41) is 35.5. The SMILES string of the molecule is CCCCn1nnnc1-c1cc(-c2cccc(C(=O)NC(C)COC)c2)c(O)cc1O. The van der Waals surface area contributed by atoms with Gasteiger partial charge in [-0.25, -0.2) is 4.68 Å². The van der Waals surface area contributed by atoms with Gasteiger partial charge in [0, 0.05) is 36.9 Å². The molecule has 0 aliphatic carbocycles. The van der Waals surface area contributed by atoms with E-state index in [1.165, 1.54) is 6.07 Å². The third kappa shape index (κ3) is 5.18. The van der Waals surface area contributed by atoms with Crippen LogP contribution in [0.4, 0.5) is 0 Å². The van der Waals surface area contributed by atoms with E-state index < -0.39 is 0 Å². The Bertz CT molecular complexity index is 1050. The average molecular weight is 425 g/mol. The van der Waals surface area contributed by atoms with Gasteiger partial charge in [-0.3, -0.25) is 4.79 Å². The molecule has 3 aromatic rings. The Morgan fingerprint density at radius 2 is 1.97 bits per heavy atom. The van der Waals surface area contributed by atoms with Crippen LogP contribution in [0.2, 0.25) is 0 Å². The maximum absolute atomic E-state index is 12.6. The maximum atomic E-state index is 12.6. The summed E-state index contributed by atoms with van der Waals surface area (Å²) in [4.78, 5) is 12.6. The lowest BCUT2D eigenvalue weighted by Crippen LogP contribution is -2.35. The smallest absolute Gasteiger partial charge is 0.251 e. The molecule has 31 heavy (non-hydrogen) atoms. The second kappa shape index (κ2) is 10.0. The highest BCUT2D eigenvalue weighted by Crippen LogP contribution is 2.39. The van der Waals surface area contributed by atoms with Crippen LogP contribution in [0.25, 0.3) is 22.5 Å². The number of hydrogen-bond acceptors (Lipinski definition) is 7. The van der Waals surface area contributed by atoms with E-state index in [1.54, 1.807) is 42.1 Å². The standard InChI is InChI=1S/C22H27N5O4/c1-4-5-9-27-21(24-25-26-27)18-11-17(19(28)12-20(18)29)15-7-6-8-16(10-15)22(30)23-14(2)13-31-3/h6-8,10-12,14,28-29H,4-5,9,13H2,1-3H3,(H,23,30). The molecule has 3 rings (SSSR count). The first-order valence-corrected chi connectivity index (χ1v) is 10.2. The number of methoxy groups -OCH3 is 1. The Kier molecular flexibility index (Phi) is 7.19. The molecule has 1 aromatic heterocycles. The fourth-order valence-electron chi connectivity index (χ4n) is 3.27. The number of amides is 1. The van der Waals surface area contributed by atoms with Crippen LogP contribution in [0.1, 0.15) is 37.0 Å². The maximum Gasteiger partial charge on any atom is 0.251 e. The van der Waals surface area contributed by atoms with Crippen LogP contribution < -0.4 is 5.32 Å². The van der Waals surface area contributed by atoms with Gasteiger partial charge < -0.3 is 20.3 Å². The molecule has 1 atom stereocenters. The zero-order chi connectivity index (χ0) is 22.4. The number of carbonyl (C=O) groups is 1. The number of ether oxygens (including phenoxy) is 1. The van der Waals surface area contributed by atoms with Gasteiger partial charge in [-0.1, -0.05) is 25.5 Å². The van der Waals surface area contributed by atoms with E-state index in [9.17, 15) is 15.0 Å². The summed E-state index contributed by atoms with van der Waals surface area (Å²) in [7, 11) is 1.58. The van der Waals surface area contributed by atoms with Crippen molar-refractivity contribution in [1.29, 1.82) is 0 Å². The third-order valence-corrected chi connectivity index (χ3v) is 4.84. The predicted octanol–water partition coefficient (Wildman–Crippen LogP) is 2.98. The van der Waals surface area contributed by atoms with E-state index >= 15 is 0 Å². The molecule has 3 N–H and O–H groups in total. The number of aromatic hydroxyl groups is 2. The number of aromatic nitrogens is 4. The summed E-state index contributed by atoms with van der Waals surface area (Å²) in [5.41, 5.74) is 1.93. The lowest BCUT2D eigenvalue weighted by atomic mass is 9.98. The molecule has 0 bridgehead atoms. The molecule has 164 valence electrons. The lowest BCUT2D eigenvalue weighted by molar-refractivity contribution is 0.0905. The van der Waals surface area contributed by atoms with Gasteiger partial charge in [0.2, 0.25) is 0 Å². The summed E-state index contributed by atoms with van der Waals surface area (Å²) in [5.74, 6) is -0.0712. The van der Waals surface area contributed by atoms with Gasteiger partial charge in [-0.05, 0) is 47.5 Å². The van der Waals surface area contributed by atoms with Crippen molar-refractivity contribution in [2.75, 3.05) is 13.7 Å². The first-order valence-electron chi connectivity index (χ1n) is 10.2. The minimum absolute atomic E-state index is 0.112. The molecular formula is C22H27N5O4. The van der Waals surface area contributed by atoms with Gasteiger partial charge in [-0.2, -0.15) is 0 Å². The van der Waals surface area contributed by atoms with Crippen LogP contribution in [0.5, 0.6) is 11.5 Å². The van der Waals surface area contributed by atoms with Gasteiger partial charge in [0.05, 0.1) is 12.2 Å². The molecule has 0 aliphatic heterocycles. The number of phenols is 2. The van der Waals surface area contributed by atoms with Crippen molar-refractivity contribution in [2.45, 2.75) is 39.3 Å². The van der Waals surface area contributed by atoms with Crippen LogP contribution in [-0.2, 0) is 11.3 Å². The molecule has 9 heteroatoms. The van der Waals surface area contributed by atoms with Gasteiger partial charge >= 0.3 is 0 Å². The second-order valence-electron chi connectivity index (χ2n) is 7.38. The molecule has 1 amide bonds. The lowest BCUT2D eigenvalue weighted by Gasteiger charge is -2.14. The number of nitrogens with one attached hydrogen (secondary N) is 1. The van der Waals surface area contributed by atoms with Crippen LogP contribution in [0.15, 0.2) is 36.4 Å². The fraction of sp³-hybridized carbons (Fsp3) is 0.364. The predicted molar refractivity (Wildman–Crippen MR) is 116 cm³/mol. The Morgan fingerprint density at radius 3 is 2.71 bits per heavy atom. The normalized spacial score (nSPS) is 12.0. The highest BCUT2D eigenvalue weighted by molar-refractivity contribution is 5.96. The van der Waals surface area contributed by atoms with E-state index in [0.29, 0.717) is 41.2 Å². The van der Waals surface area contributed by atoms with E-state index in [2.05, 4.69) is 27.8 Å². The van der Waals surface area contributed by atoms with Crippen molar-refractivity contribution in [1.82, 2.24) is 25.5 Å². The topological polar surface area (TPSA) is 122 Å². The summed E-state index contributed by atoms with van der Waals surface area (Å²) in [6, 6.07) is 9.65. The number of phenolic OH excluding ortho intramolecular Hbond substituents is 2. The molecule has 0 radical (unpaired) electrons. The Hall–Kier alpha value is -3.46. The van der Waals surface area contributed by atoms with E-state index in [4.69, 9.17) is 4.74 Å². The molecule has 0 saturated heterocycles. The molecule has 2 aromatic carbocycles. The molecule has 0 fully saturated rings. The molecule has 1 unspecified atom stereocenters. The van der Waals surface area contributed by atoms with E-state index in [1.807, 2.05) is 6.92 Å². The molecular weight excluding hydrogens is 398 g/mol. The summed E-state index contributed by atoms with van der Waals surface area (Å²) < 4.78 is 6.68. The zero-order valence-corrected chi connectivity index (χ0v) is 17.9. The summed E-state index contributed by atoms with van der Waals surface area (Å²) >= 11 is 0. The number of nitrogens with zero attached hydrogens (tertiary/aromatic N) is 4. The van der Waals surface area contributed by atoms with Gasteiger partial charge in [0.15, 0.2) is 5.82 Å². The zero-order valence-electron chi connectivity index (χ0n) is 17.9. The van der Waals surface area contributed by atoms with Crippen molar-refractivity contribution >= 4 is 5.91 Å². The highest BCUT2D eigenvalue weighted by Gasteiger charge is 2.18. The van der Waals surface area contributed by atoms with Crippen molar-refractivity contribution in [3.63, 3.8) is 0 Å². The number of benzene rings is 2. The molecule has 0 aliphatic rings. The Morgan fingerprint density at radius 1 is 1.19 bits per heavy atom. The van der Waals surface area contributed by atoms with E-state index in [-0.39, 0.29) is 23.4 Å². The van der Waals surface area contributed by atoms with Gasteiger partial charge in [0.25, 0.3) is 5.91 Å². The quantitative estimate of drug-likeness (QED) is 0.482. The summed E-state index contributed by atoms with van der Waals surface area (Å²) in [6.45, 7) is 4.94.